The molecule has 0 aliphatic carbocycles. The number of aromatic carboxylic acids is 1. The zero-order chi connectivity index (χ0) is 26.9. The SMILES string of the molecule is CC(=O)N(C)C1CCN(c2nc3c([C@@H](C)Nc4ccc(Cl)nc4C(=O)O)cc(C)cc3nc2C#N)CC1. The molecule has 1 fully saturated rings. The molecule has 4 rings (SSSR count). The van der Waals surface area contributed by atoms with Crippen LogP contribution in [0.2, 0.25) is 5.15 Å². The maximum atomic E-state index is 11.8. The van der Waals surface area contributed by atoms with Gasteiger partial charge in [0.05, 0.1) is 22.8 Å². The summed E-state index contributed by atoms with van der Waals surface area (Å²) in [5.74, 6) is -0.647. The molecule has 1 amide bonds. The van der Waals surface area contributed by atoms with E-state index in [-0.39, 0.29) is 34.5 Å². The number of aryl methyl sites for hydroxylation is 1. The van der Waals surface area contributed by atoms with E-state index < -0.39 is 5.97 Å². The summed E-state index contributed by atoms with van der Waals surface area (Å²) in [6.07, 6.45) is 1.53. The summed E-state index contributed by atoms with van der Waals surface area (Å²) < 4.78 is 0. The second-order valence-corrected chi connectivity index (χ2v) is 9.67. The van der Waals surface area contributed by atoms with Crippen LogP contribution in [0.3, 0.4) is 0 Å². The zero-order valence-electron chi connectivity index (χ0n) is 21.1. The number of nitriles is 1. The van der Waals surface area contributed by atoms with Crippen molar-refractivity contribution in [2.24, 2.45) is 0 Å². The zero-order valence-corrected chi connectivity index (χ0v) is 21.9. The van der Waals surface area contributed by atoms with Gasteiger partial charge in [-0.05, 0) is 50.5 Å². The molecule has 1 aliphatic rings. The monoisotopic (exact) mass is 521 g/mol. The Balaban J connectivity index is 1.71. The molecule has 0 saturated carbocycles. The lowest BCUT2D eigenvalue weighted by Crippen LogP contribution is -2.45. The Kier molecular flexibility index (Phi) is 7.45. The number of halogens is 1. The molecule has 0 radical (unpaired) electrons. The van der Waals surface area contributed by atoms with Gasteiger partial charge in [0.1, 0.15) is 11.2 Å². The van der Waals surface area contributed by atoms with Crippen LogP contribution in [0.25, 0.3) is 11.0 Å². The highest BCUT2D eigenvalue weighted by molar-refractivity contribution is 6.29. The Morgan fingerprint density at radius 2 is 1.95 bits per heavy atom. The van der Waals surface area contributed by atoms with E-state index in [1.165, 1.54) is 6.07 Å². The van der Waals surface area contributed by atoms with Crippen LogP contribution in [-0.2, 0) is 4.79 Å². The van der Waals surface area contributed by atoms with Gasteiger partial charge in [-0.25, -0.2) is 19.7 Å². The number of hydrogen-bond acceptors (Lipinski definition) is 8. The molecule has 0 spiro atoms. The summed E-state index contributed by atoms with van der Waals surface area (Å²) in [5.41, 5.74) is 3.36. The summed E-state index contributed by atoms with van der Waals surface area (Å²) in [4.78, 5) is 40.8. The fraction of sp³-hybridized carbons (Fsp3) is 0.385. The standard InChI is InChI=1S/C26H28ClN7O3/c1-14-11-18(15(2)29-19-5-6-22(27)31-24(19)26(36)37)23-20(12-14)30-21(13-28)25(32-23)34-9-7-17(8-10-34)33(4)16(3)35/h5-6,11-12,15,17,29H,7-10H2,1-4H3,(H,36,37)/t15-/m1/s1. The first-order chi connectivity index (χ1) is 17.6. The van der Waals surface area contributed by atoms with E-state index in [0.29, 0.717) is 35.6 Å². The van der Waals surface area contributed by atoms with Crippen molar-refractivity contribution in [3.63, 3.8) is 0 Å². The number of piperidine rings is 1. The first kappa shape index (κ1) is 26.1. The second kappa shape index (κ2) is 10.6. The van der Waals surface area contributed by atoms with Gasteiger partial charge in [0, 0.05) is 38.7 Å². The largest absolute Gasteiger partial charge is 0.476 e. The lowest BCUT2D eigenvalue weighted by Gasteiger charge is -2.37. The van der Waals surface area contributed by atoms with E-state index in [0.717, 1.165) is 24.0 Å². The second-order valence-electron chi connectivity index (χ2n) is 9.28. The molecule has 2 N–H and O–H groups in total. The number of carbonyl (C=O) groups is 2. The van der Waals surface area contributed by atoms with Gasteiger partial charge in [0.2, 0.25) is 5.91 Å². The smallest absolute Gasteiger partial charge is 0.356 e. The molecule has 1 atom stereocenters. The number of benzene rings is 1. The van der Waals surface area contributed by atoms with Gasteiger partial charge >= 0.3 is 5.97 Å². The highest BCUT2D eigenvalue weighted by Gasteiger charge is 2.27. The minimum absolute atomic E-state index is 0.0325. The van der Waals surface area contributed by atoms with E-state index >= 15 is 0 Å². The van der Waals surface area contributed by atoms with Crippen molar-refractivity contribution in [1.82, 2.24) is 19.9 Å². The molecular weight excluding hydrogens is 494 g/mol. The highest BCUT2D eigenvalue weighted by Crippen LogP contribution is 2.31. The number of nitrogens with one attached hydrogen (secondary N) is 1. The van der Waals surface area contributed by atoms with Gasteiger partial charge in [0.25, 0.3) is 0 Å². The first-order valence-corrected chi connectivity index (χ1v) is 12.3. The van der Waals surface area contributed by atoms with E-state index in [1.807, 2.05) is 37.9 Å². The van der Waals surface area contributed by atoms with Crippen molar-refractivity contribution in [2.45, 2.75) is 45.7 Å². The predicted octanol–water partition coefficient (Wildman–Crippen LogP) is 4.18. The average Bonchev–Trinajstić information content (AvgIpc) is 2.87. The Bertz CT molecular complexity index is 1410. The number of fused-ring (bicyclic) bond motifs is 1. The number of aromatic nitrogens is 3. The summed E-state index contributed by atoms with van der Waals surface area (Å²) in [6.45, 7) is 6.68. The number of pyridine rings is 1. The molecule has 37 heavy (non-hydrogen) atoms. The Morgan fingerprint density at radius 1 is 1.24 bits per heavy atom. The normalized spacial score (nSPS) is 14.8. The fourth-order valence-corrected chi connectivity index (χ4v) is 4.84. The predicted molar refractivity (Wildman–Crippen MR) is 141 cm³/mol. The Hall–Kier alpha value is -3.97. The topological polar surface area (TPSA) is 135 Å². The molecule has 0 unspecified atom stereocenters. The van der Waals surface area contributed by atoms with Crippen LogP contribution >= 0.6 is 11.6 Å². The summed E-state index contributed by atoms with van der Waals surface area (Å²) in [5, 5.41) is 22.7. The van der Waals surface area contributed by atoms with Crippen molar-refractivity contribution >= 4 is 46.0 Å². The van der Waals surface area contributed by atoms with Crippen molar-refractivity contribution < 1.29 is 14.7 Å². The van der Waals surface area contributed by atoms with Crippen LogP contribution in [0.5, 0.6) is 0 Å². The van der Waals surface area contributed by atoms with Gasteiger partial charge in [-0.2, -0.15) is 5.26 Å². The quantitative estimate of drug-likeness (QED) is 0.458. The summed E-state index contributed by atoms with van der Waals surface area (Å²) >= 11 is 5.90. The van der Waals surface area contributed by atoms with Gasteiger partial charge < -0.3 is 20.2 Å². The molecule has 3 aromatic rings. The van der Waals surface area contributed by atoms with Crippen LogP contribution in [0, 0.1) is 18.3 Å². The molecule has 11 heteroatoms. The van der Waals surface area contributed by atoms with Crippen LogP contribution in [0.1, 0.15) is 60.0 Å². The minimum atomic E-state index is -1.19. The molecule has 3 heterocycles. The van der Waals surface area contributed by atoms with E-state index in [9.17, 15) is 20.0 Å². The third-order valence-electron chi connectivity index (χ3n) is 6.74. The maximum absolute atomic E-state index is 11.8. The molecule has 1 aliphatic heterocycles. The lowest BCUT2D eigenvalue weighted by molar-refractivity contribution is -0.129. The number of amides is 1. The summed E-state index contributed by atoms with van der Waals surface area (Å²) in [7, 11) is 1.81. The van der Waals surface area contributed by atoms with Crippen molar-refractivity contribution in [2.75, 3.05) is 30.4 Å². The van der Waals surface area contributed by atoms with E-state index in [1.54, 1.807) is 17.9 Å². The summed E-state index contributed by atoms with van der Waals surface area (Å²) in [6, 6.07) is 8.95. The number of nitrogens with zero attached hydrogens (tertiary/aromatic N) is 6. The van der Waals surface area contributed by atoms with Crippen LogP contribution in [0.15, 0.2) is 24.3 Å². The number of carboxylic acids is 1. The maximum Gasteiger partial charge on any atom is 0.356 e. The number of rotatable bonds is 6. The fourth-order valence-electron chi connectivity index (χ4n) is 4.70. The minimum Gasteiger partial charge on any atom is -0.476 e. The van der Waals surface area contributed by atoms with Gasteiger partial charge in [-0.15, -0.1) is 0 Å². The highest BCUT2D eigenvalue weighted by atomic mass is 35.5. The van der Waals surface area contributed by atoms with E-state index in [2.05, 4.69) is 21.4 Å². The van der Waals surface area contributed by atoms with Crippen molar-refractivity contribution in [3.8, 4) is 6.07 Å². The van der Waals surface area contributed by atoms with Crippen molar-refractivity contribution in [1.29, 1.82) is 5.26 Å². The van der Waals surface area contributed by atoms with Gasteiger partial charge in [0.15, 0.2) is 17.2 Å². The Morgan fingerprint density at radius 3 is 2.57 bits per heavy atom. The molecule has 192 valence electrons. The Labute approximate surface area is 219 Å². The molecule has 0 bridgehead atoms. The number of anilines is 2. The van der Waals surface area contributed by atoms with Crippen LogP contribution in [-0.4, -0.2) is 63.0 Å². The molecule has 2 aromatic heterocycles. The van der Waals surface area contributed by atoms with E-state index in [4.69, 9.17) is 16.6 Å². The molecular formula is C26H28ClN7O3. The average molecular weight is 522 g/mol. The third-order valence-corrected chi connectivity index (χ3v) is 6.95. The number of hydrogen-bond donors (Lipinski definition) is 2. The van der Waals surface area contributed by atoms with Crippen LogP contribution < -0.4 is 10.2 Å². The first-order valence-electron chi connectivity index (χ1n) is 12.0. The number of carboxylic acid groups (broad SMARTS) is 1. The third kappa shape index (κ3) is 5.42. The molecule has 1 aromatic carbocycles. The lowest BCUT2D eigenvalue weighted by atomic mass is 10.0. The molecule has 10 nitrogen and oxygen atoms in total. The van der Waals surface area contributed by atoms with Crippen LogP contribution in [0.4, 0.5) is 11.5 Å². The van der Waals surface area contributed by atoms with Gasteiger partial charge in [-0.3, -0.25) is 4.79 Å². The number of carbonyl (C=O) groups excluding carboxylic acids is 1. The van der Waals surface area contributed by atoms with Crippen molar-refractivity contribution in [3.05, 3.63) is 51.9 Å². The van der Waals surface area contributed by atoms with Gasteiger partial charge in [-0.1, -0.05) is 17.7 Å². The molecule has 1 saturated heterocycles.